The molecule has 1 heterocycles. The third-order valence-electron chi connectivity index (χ3n) is 3.27. The van der Waals surface area contributed by atoms with Crippen molar-refractivity contribution < 1.29 is 12.9 Å². The lowest BCUT2D eigenvalue weighted by atomic mass is 10.1. The number of nitrogens with zero attached hydrogens (tertiary/aromatic N) is 3. The van der Waals surface area contributed by atoms with Gasteiger partial charge in [0.2, 0.25) is 15.9 Å². The second-order valence-corrected chi connectivity index (χ2v) is 7.34. The zero-order valence-electron chi connectivity index (χ0n) is 13.1. The smallest absolute Gasteiger partial charge is 0.242 e. The first-order valence-corrected chi connectivity index (χ1v) is 8.30. The van der Waals surface area contributed by atoms with Gasteiger partial charge in [0.15, 0.2) is 5.82 Å². The molecule has 0 radical (unpaired) electrons. The van der Waals surface area contributed by atoms with Gasteiger partial charge in [0.25, 0.3) is 0 Å². The van der Waals surface area contributed by atoms with Crippen LogP contribution in [-0.2, 0) is 16.6 Å². The average Bonchev–Trinajstić information content (AvgIpc) is 2.90. The molecule has 2 aromatic rings. The lowest BCUT2D eigenvalue weighted by Gasteiger charge is -2.16. The van der Waals surface area contributed by atoms with Crippen LogP contribution in [0, 0.1) is 6.92 Å². The summed E-state index contributed by atoms with van der Waals surface area (Å²) in [6, 6.07) is 6.84. The van der Waals surface area contributed by atoms with Crippen LogP contribution in [0.2, 0.25) is 0 Å². The van der Waals surface area contributed by atoms with E-state index in [2.05, 4.69) is 15.5 Å². The van der Waals surface area contributed by atoms with Crippen LogP contribution < -0.4 is 5.32 Å². The van der Waals surface area contributed by atoms with Crippen molar-refractivity contribution in [1.29, 1.82) is 0 Å². The number of aryl methyl sites for hydroxylation is 1. The maximum absolute atomic E-state index is 12.2. The highest BCUT2D eigenvalue weighted by atomic mass is 32.2. The van der Waals surface area contributed by atoms with Crippen molar-refractivity contribution in [2.75, 3.05) is 14.1 Å². The monoisotopic (exact) mass is 324 g/mol. The van der Waals surface area contributed by atoms with Crippen LogP contribution in [0.25, 0.3) is 0 Å². The van der Waals surface area contributed by atoms with Gasteiger partial charge in [0.05, 0.1) is 11.4 Å². The Hall–Kier alpha value is -1.77. The highest BCUT2D eigenvalue weighted by molar-refractivity contribution is 7.89. The average molecular weight is 324 g/mol. The molecule has 8 heteroatoms. The fourth-order valence-corrected chi connectivity index (χ4v) is 2.89. The minimum absolute atomic E-state index is 0.0453. The van der Waals surface area contributed by atoms with Gasteiger partial charge >= 0.3 is 0 Å². The fraction of sp³-hybridized carbons (Fsp3) is 0.429. The first-order chi connectivity index (χ1) is 10.3. The molecule has 0 unspecified atom stereocenters. The second-order valence-electron chi connectivity index (χ2n) is 5.19. The molecule has 1 aromatic heterocycles. The van der Waals surface area contributed by atoms with E-state index in [1.54, 1.807) is 25.1 Å². The summed E-state index contributed by atoms with van der Waals surface area (Å²) in [6.07, 6.45) is 0. The molecule has 0 bridgehead atoms. The Morgan fingerprint density at radius 3 is 2.68 bits per heavy atom. The van der Waals surface area contributed by atoms with E-state index in [-0.39, 0.29) is 10.9 Å². The molecule has 2 rings (SSSR count). The van der Waals surface area contributed by atoms with E-state index in [1.165, 1.54) is 18.4 Å². The van der Waals surface area contributed by atoms with Crippen LogP contribution in [0.15, 0.2) is 33.7 Å². The van der Waals surface area contributed by atoms with Crippen LogP contribution in [0.3, 0.4) is 0 Å². The molecule has 0 amide bonds. The van der Waals surface area contributed by atoms with Gasteiger partial charge in [-0.1, -0.05) is 17.3 Å². The van der Waals surface area contributed by atoms with Crippen LogP contribution in [0.5, 0.6) is 0 Å². The minimum Gasteiger partial charge on any atom is -0.340 e. The number of aromatic nitrogens is 2. The molecule has 0 fully saturated rings. The Labute approximate surface area is 130 Å². The first kappa shape index (κ1) is 16.6. The van der Waals surface area contributed by atoms with Crippen molar-refractivity contribution in [3.05, 3.63) is 41.5 Å². The largest absolute Gasteiger partial charge is 0.340 e. The van der Waals surface area contributed by atoms with Crippen LogP contribution in [0.4, 0.5) is 0 Å². The summed E-state index contributed by atoms with van der Waals surface area (Å²) >= 11 is 0. The third kappa shape index (κ3) is 3.70. The number of nitrogens with one attached hydrogen (secondary N) is 1. The molecular weight excluding hydrogens is 304 g/mol. The maximum Gasteiger partial charge on any atom is 0.242 e. The van der Waals surface area contributed by atoms with E-state index in [4.69, 9.17) is 4.52 Å². The van der Waals surface area contributed by atoms with Crippen LogP contribution in [0.1, 0.15) is 30.2 Å². The van der Waals surface area contributed by atoms with E-state index in [0.717, 1.165) is 5.56 Å². The molecule has 0 spiro atoms. The highest BCUT2D eigenvalue weighted by Crippen LogP contribution is 2.19. The van der Waals surface area contributed by atoms with Gasteiger partial charge in [-0.2, -0.15) is 4.98 Å². The Kier molecular flexibility index (Phi) is 4.94. The Bertz CT molecular complexity index is 740. The molecular formula is C14H20N4O3S. The third-order valence-corrected chi connectivity index (χ3v) is 5.08. The predicted octanol–water partition coefficient (Wildman–Crippen LogP) is 1.48. The molecule has 7 nitrogen and oxygen atoms in total. The van der Waals surface area contributed by atoms with Crippen molar-refractivity contribution in [2.45, 2.75) is 31.3 Å². The fourth-order valence-electron chi connectivity index (χ4n) is 1.93. The Balaban J connectivity index is 2.12. The van der Waals surface area contributed by atoms with Crippen molar-refractivity contribution in [1.82, 2.24) is 19.8 Å². The molecule has 1 aromatic carbocycles. The summed E-state index contributed by atoms with van der Waals surface area (Å²) in [7, 11) is -0.399. The van der Waals surface area contributed by atoms with E-state index >= 15 is 0 Å². The second kappa shape index (κ2) is 6.55. The molecule has 0 saturated heterocycles. The highest BCUT2D eigenvalue weighted by Gasteiger charge is 2.18. The standard InChI is InChI=1S/C14H20N4O3S/c1-10(15-9-14-16-11(2)21-17-14)12-6-5-7-13(8-12)22(19,20)18(3)4/h5-8,10,15H,9H2,1-4H3/t10-/m1/s1. The Morgan fingerprint density at radius 2 is 2.09 bits per heavy atom. The van der Waals surface area contributed by atoms with Crippen LogP contribution in [-0.4, -0.2) is 37.0 Å². The van der Waals surface area contributed by atoms with Gasteiger partial charge in [0, 0.05) is 27.1 Å². The van der Waals surface area contributed by atoms with Crippen molar-refractivity contribution in [3.63, 3.8) is 0 Å². The summed E-state index contributed by atoms with van der Waals surface area (Å²) in [5.41, 5.74) is 0.878. The summed E-state index contributed by atoms with van der Waals surface area (Å²) in [5, 5.41) is 7.05. The summed E-state index contributed by atoms with van der Waals surface area (Å²) < 4.78 is 30.4. The topological polar surface area (TPSA) is 88.3 Å². The number of hydrogen-bond donors (Lipinski definition) is 1. The van der Waals surface area contributed by atoms with Gasteiger partial charge in [-0.05, 0) is 24.6 Å². The number of sulfonamides is 1. The lowest BCUT2D eigenvalue weighted by molar-refractivity contribution is 0.384. The normalized spacial score (nSPS) is 13.5. The Morgan fingerprint density at radius 1 is 1.36 bits per heavy atom. The van der Waals surface area contributed by atoms with Crippen molar-refractivity contribution in [2.24, 2.45) is 0 Å². The lowest BCUT2D eigenvalue weighted by Crippen LogP contribution is -2.23. The van der Waals surface area contributed by atoms with Crippen molar-refractivity contribution in [3.8, 4) is 0 Å². The molecule has 120 valence electrons. The van der Waals surface area contributed by atoms with Gasteiger partial charge in [-0.3, -0.25) is 0 Å². The molecule has 0 aliphatic carbocycles. The number of hydrogen-bond acceptors (Lipinski definition) is 6. The predicted molar refractivity (Wildman–Crippen MR) is 81.6 cm³/mol. The van der Waals surface area contributed by atoms with Crippen molar-refractivity contribution >= 4 is 10.0 Å². The van der Waals surface area contributed by atoms with E-state index < -0.39 is 10.0 Å². The van der Waals surface area contributed by atoms with Gasteiger partial charge in [0.1, 0.15) is 0 Å². The molecule has 0 aliphatic rings. The molecule has 0 saturated carbocycles. The number of benzene rings is 1. The summed E-state index contributed by atoms with van der Waals surface area (Å²) in [5.74, 6) is 1.09. The molecule has 22 heavy (non-hydrogen) atoms. The van der Waals surface area contributed by atoms with E-state index in [9.17, 15) is 8.42 Å². The molecule has 1 N–H and O–H groups in total. The summed E-state index contributed by atoms with van der Waals surface area (Å²) in [4.78, 5) is 4.39. The van der Waals surface area contributed by atoms with Crippen LogP contribution >= 0.6 is 0 Å². The van der Waals surface area contributed by atoms with Gasteiger partial charge in [-0.15, -0.1) is 0 Å². The zero-order valence-corrected chi connectivity index (χ0v) is 13.9. The van der Waals surface area contributed by atoms with Gasteiger partial charge < -0.3 is 9.84 Å². The molecule has 0 aliphatic heterocycles. The zero-order chi connectivity index (χ0) is 16.3. The minimum atomic E-state index is -3.43. The quantitative estimate of drug-likeness (QED) is 0.866. The molecule has 1 atom stereocenters. The number of rotatable bonds is 6. The van der Waals surface area contributed by atoms with Gasteiger partial charge in [-0.25, -0.2) is 12.7 Å². The SMILES string of the molecule is Cc1nc(CN[C@H](C)c2cccc(S(=O)(=O)N(C)C)c2)no1. The van der Waals surface area contributed by atoms with E-state index in [0.29, 0.717) is 18.3 Å². The maximum atomic E-state index is 12.2. The van der Waals surface area contributed by atoms with E-state index in [1.807, 2.05) is 13.0 Å². The first-order valence-electron chi connectivity index (χ1n) is 6.86. The summed E-state index contributed by atoms with van der Waals surface area (Å²) in [6.45, 7) is 4.13.